The van der Waals surface area contributed by atoms with Crippen molar-refractivity contribution in [3.05, 3.63) is 48.0 Å². The van der Waals surface area contributed by atoms with Crippen LogP contribution in [0.5, 0.6) is 0 Å². The van der Waals surface area contributed by atoms with Gasteiger partial charge in [-0.2, -0.15) is 26.3 Å². The molecule has 0 spiro atoms. The fourth-order valence-corrected chi connectivity index (χ4v) is 2.23. The lowest BCUT2D eigenvalue weighted by Gasteiger charge is -2.28. The lowest BCUT2D eigenvalue weighted by atomic mass is 9.91. The van der Waals surface area contributed by atoms with Gasteiger partial charge in [-0.25, -0.2) is 0 Å². The molecule has 0 bridgehead atoms. The quantitative estimate of drug-likeness (QED) is 0.803. The zero-order chi connectivity index (χ0) is 15.8. The van der Waals surface area contributed by atoms with Crippen molar-refractivity contribution < 1.29 is 31.4 Å². The first-order valence-corrected chi connectivity index (χ1v) is 5.91. The zero-order valence-corrected chi connectivity index (χ0v) is 10.4. The SMILES string of the molecule is OC(c1cccc2ccccc12)C(C(F)(F)F)C(F)(F)F. The van der Waals surface area contributed by atoms with Crippen LogP contribution in [0.15, 0.2) is 42.5 Å². The van der Waals surface area contributed by atoms with Crippen molar-refractivity contribution in [3.8, 4) is 0 Å². The van der Waals surface area contributed by atoms with Crippen LogP contribution in [0.1, 0.15) is 11.7 Å². The average molecular weight is 308 g/mol. The van der Waals surface area contributed by atoms with Gasteiger partial charge < -0.3 is 5.11 Å². The molecular formula is C14H10F6O. The average Bonchev–Trinajstić information content (AvgIpc) is 2.34. The van der Waals surface area contributed by atoms with Crippen molar-refractivity contribution >= 4 is 10.8 Å². The van der Waals surface area contributed by atoms with Gasteiger partial charge in [0, 0.05) is 0 Å². The van der Waals surface area contributed by atoms with Crippen LogP contribution in [0.25, 0.3) is 10.8 Å². The van der Waals surface area contributed by atoms with E-state index in [9.17, 15) is 31.4 Å². The maximum atomic E-state index is 12.7. The van der Waals surface area contributed by atoms with Crippen LogP contribution in [0.3, 0.4) is 0 Å². The molecule has 7 heteroatoms. The van der Waals surface area contributed by atoms with Crippen LogP contribution in [0, 0.1) is 5.92 Å². The third kappa shape index (κ3) is 3.12. The van der Waals surface area contributed by atoms with E-state index in [0.717, 1.165) is 6.07 Å². The van der Waals surface area contributed by atoms with E-state index in [1.165, 1.54) is 18.2 Å². The highest BCUT2D eigenvalue weighted by Crippen LogP contribution is 2.47. The normalized spacial score (nSPS) is 14.7. The van der Waals surface area contributed by atoms with E-state index in [0.29, 0.717) is 5.39 Å². The standard InChI is InChI=1S/C14H10F6O/c15-13(16,17)12(14(18,19)20)11(21)10-7-3-5-8-4-1-2-6-9(8)10/h1-7,11-12,21H. The summed E-state index contributed by atoms with van der Waals surface area (Å²) in [4.78, 5) is 0. The Bertz CT molecular complexity index is 612. The molecule has 0 saturated heterocycles. The molecule has 114 valence electrons. The van der Waals surface area contributed by atoms with Gasteiger partial charge in [0.15, 0.2) is 5.92 Å². The first-order chi connectivity index (χ1) is 9.62. The Morgan fingerprint density at radius 2 is 1.29 bits per heavy atom. The molecule has 0 aliphatic carbocycles. The van der Waals surface area contributed by atoms with E-state index < -0.39 is 29.9 Å². The molecule has 0 amide bonds. The number of fused-ring (bicyclic) bond motifs is 1. The van der Waals surface area contributed by atoms with Gasteiger partial charge in [-0.05, 0) is 16.3 Å². The fourth-order valence-electron chi connectivity index (χ4n) is 2.23. The number of benzene rings is 2. The third-order valence-corrected chi connectivity index (χ3v) is 3.16. The smallest absolute Gasteiger partial charge is 0.387 e. The second-order valence-corrected chi connectivity index (χ2v) is 4.57. The van der Waals surface area contributed by atoms with Crippen molar-refractivity contribution in [2.45, 2.75) is 18.5 Å². The van der Waals surface area contributed by atoms with Gasteiger partial charge in [-0.1, -0.05) is 42.5 Å². The highest BCUT2D eigenvalue weighted by Gasteiger charge is 2.60. The molecule has 21 heavy (non-hydrogen) atoms. The van der Waals surface area contributed by atoms with E-state index >= 15 is 0 Å². The van der Waals surface area contributed by atoms with Crippen molar-refractivity contribution in [1.29, 1.82) is 0 Å². The number of aliphatic hydroxyl groups excluding tert-OH is 1. The van der Waals surface area contributed by atoms with E-state index in [2.05, 4.69) is 0 Å². The second-order valence-electron chi connectivity index (χ2n) is 4.57. The topological polar surface area (TPSA) is 20.2 Å². The van der Waals surface area contributed by atoms with Crippen molar-refractivity contribution in [2.24, 2.45) is 5.92 Å². The first-order valence-electron chi connectivity index (χ1n) is 5.91. The van der Waals surface area contributed by atoms with Crippen molar-refractivity contribution in [2.75, 3.05) is 0 Å². The van der Waals surface area contributed by atoms with Crippen LogP contribution in [-0.2, 0) is 0 Å². The molecule has 1 nitrogen and oxygen atoms in total. The van der Waals surface area contributed by atoms with E-state index in [1.54, 1.807) is 18.2 Å². The Balaban J connectivity index is 2.57. The molecule has 2 rings (SSSR count). The molecule has 0 radical (unpaired) electrons. The predicted molar refractivity (Wildman–Crippen MR) is 64.5 cm³/mol. The monoisotopic (exact) mass is 308 g/mol. The van der Waals surface area contributed by atoms with Gasteiger partial charge in [0.1, 0.15) is 0 Å². The lowest BCUT2D eigenvalue weighted by molar-refractivity contribution is -0.307. The Kier molecular flexibility index (Phi) is 3.88. The Hall–Kier alpha value is -1.76. The van der Waals surface area contributed by atoms with Gasteiger partial charge >= 0.3 is 12.4 Å². The molecule has 0 aliphatic rings. The van der Waals surface area contributed by atoms with Gasteiger partial charge in [0.25, 0.3) is 0 Å². The second kappa shape index (κ2) is 5.22. The molecule has 0 heterocycles. The third-order valence-electron chi connectivity index (χ3n) is 3.16. The minimum Gasteiger partial charge on any atom is -0.387 e. The van der Waals surface area contributed by atoms with E-state index in [1.807, 2.05) is 0 Å². The Morgan fingerprint density at radius 1 is 0.762 bits per heavy atom. The van der Waals surface area contributed by atoms with Crippen LogP contribution in [0.2, 0.25) is 0 Å². The molecule has 0 aliphatic heterocycles. The van der Waals surface area contributed by atoms with Crippen molar-refractivity contribution in [1.82, 2.24) is 0 Å². The number of halogens is 6. The lowest BCUT2D eigenvalue weighted by Crippen LogP contribution is -2.40. The largest absolute Gasteiger partial charge is 0.403 e. The zero-order valence-electron chi connectivity index (χ0n) is 10.4. The molecule has 1 unspecified atom stereocenters. The van der Waals surface area contributed by atoms with Gasteiger partial charge in [0.05, 0.1) is 6.10 Å². The molecular weight excluding hydrogens is 298 g/mol. The minimum atomic E-state index is -5.59. The van der Waals surface area contributed by atoms with Gasteiger partial charge in [-0.15, -0.1) is 0 Å². The number of alkyl halides is 6. The molecule has 2 aromatic rings. The highest BCUT2D eigenvalue weighted by molar-refractivity contribution is 5.86. The summed E-state index contributed by atoms with van der Waals surface area (Å²) >= 11 is 0. The maximum absolute atomic E-state index is 12.7. The molecule has 0 saturated carbocycles. The highest BCUT2D eigenvalue weighted by atomic mass is 19.4. The number of hydrogen-bond donors (Lipinski definition) is 1. The molecule has 2 aromatic carbocycles. The van der Waals surface area contributed by atoms with Crippen LogP contribution in [-0.4, -0.2) is 17.5 Å². The summed E-state index contributed by atoms with van der Waals surface area (Å²) < 4.78 is 76.0. The summed E-state index contributed by atoms with van der Waals surface area (Å²) in [6.45, 7) is 0. The summed E-state index contributed by atoms with van der Waals surface area (Å²) in [5.41, 5.74) is -0.396. The molecule has 1 N–H and O–H groups in total. The van der Waals surface area contributed by atoms with Gasteiger partial charge in [-0.3, -0.25) is 0 Å². The molecule has 1 atom stereocenters. The summed E-state index contributed by atoms with van der Waals surface area (Å²) in [5.74, 6) is -3.82. The van der Waals surface area contributed by atoms with Crippen molar-refractivity contribution in [3.63, 3.8) is 0 Å². The predicted octanol–water partition coefficient (Wildman–Crippen LogP) is 4.61. The maximum Gasteiger partial charge on any atom is 0.403 e. The first kappa shape index (κ1) is 15.6. The number of rotatable bonds is 2. The summed E-state index contributed by atoms with van der Waals surface area (Å²) in [6.07, 6.45) is -13.9. The van der Waals surface area contributed by atoms with Gasteiger partial charge in [0.2, 0.25) is 0 Å². The fraction of sp³-hybridized carbons (Fsp3) is 0.286. The molecule has 0 fully saturated rings. The summed E-state index contributed by atoms with van der Waals surface area (Å²) in [7, 11) is 0. The number of aliphatic hydroxyl groups is 1. The Labute approximate surface area is 115 Å². The van der Waals surface area contributed by atoms with Crippen LogP contribution >= 0.6 is 0 Å². The summed E-state index contributed by atoms with van der Waals surface area (Å²) in [5, 5.41) is 10.3. The Morgan fingerprint density at radius 3 is 1.86 bits per heavy atom. The summed E-state index contributed by atoms with van der Waals surface area (Å²) in [6, 6.07) is 9.92. The number of hydrogen-bond acceptors (Lipinski definition) is 1. The molecule has 0 aromatic heterocycles. The van der Waals surface area contributed by atoms with E-state index in [-0.39, 0.29) is 5.39 Å². The van der Waals surface area contributed by atoms with Crippen LogP contribution in [0.4, 0.5) is 26.3 Å². The van der Waals surface area contributed by atoms with Crippen LogP contribution < -0.4 is 0 Å². The van der Waals surface area contributed by atoms with E-state index in [4.69, 9.17) is 0 Å². The minimum absolute atomic E-state index is 0.158.